The lowest BCUT2D eigenvalue weighted by molar-refractivity contribution is 0.917. The summed E-state index contributed by atoms with van der Waals surface area (Å²) in [7, 11) is 0. The van der Waals surface area contributed by atoms with Crippen LogP contribution in [0.2, 0.25) is 0 Å². The second kappa shape index (κ2) is 3.10. The third kappa shape index (κ3) is 1.36. The summed E-state index contributed by atoms with van der Waals surface area (Å²) in [5.74, 6) is 2.32. The van der Waals surface area contributed by atoms with E-state index in [1.807, 2.05) is 0 Å². The normalized spacial score (nSPS) is 27.2. The standard InChI is InChI=1S/C11H13Cl/c1-8-4-2-3-5-10(8)11-6-9(11)7-12/h2-5,9,11H,6-7H2,1H3. The monoisotopic (exact) mass is 180 g/mol. The molecule has 0 heterocycles. The predicted octanol–water partition coefficient (Wildman–Crippen LogP) is 3.34. The lowest BCUT2D eigenvalue weighted by Gasteiger charge is -2.02. The minimum atomic E-state index is 0.743. The van der Waals surface area contributed by atoms with Gasteiger partial charge in [0, 0.05) is 5.88 Å². The summed E-state index contributed by atoms with van der Waals surface area (Å²) in [6, 6.07) is 8.62. The van der Waals surface area contributed by atoms with Crippen LogP contribution in [0.4, 0.5) is 0 Å². The third-order valence-corrected chi connectivity index (χ3v) is 3.11. The van der Waals surface area contributed by atoms with Crippen LogP contribution in [0.3, 0.4) is 0 Å². The summed E-state index contributed by atoms with van der Waals surface area (Å²) in [4.78, 5) is 0. The first-order valence-corrected chi connectivity index (χ1v) is 4.98. The molecule has 0 amide bonds. The molecule has 0 radical (unpaired) electrons. The van der Waals surface area contributed by atoms with E-state index in [1.165, 1.54) is 17.5 Å². The summed E-state index contributed by atoms with van der Waals surface area (Å²) >= 11 is 5.80. The Hall–Kier alpha value is -0.490. The second-order valence-electron chi connectivity index (χ2n) is 3.61. The fourth-order valence-electron chi connectivity index (χ4n) is 1.80. The van der Waals surface area contributed by atoms with Gasteiger partial charge in [-0.2, -0.15) is 0 Å². The summed E-state index contributed by atoms with van der Waals surface area (Å²) in [5.41, 5.74) is 2.92. The van der Waals surface area contributed by atoms with Crippen molar-refractivity contribution in [3.8, 4) is 0 Å². The van der Waals surface area contributed by atoms with E-state index >= 15 is 0 Å². The molecule has 0 aromatic heterocycles. The minimum absolute atomic E-state index is 0.743. The van der Waals surface area contributed by atoms with Gasteiger partial charge in [-0.25, -0.2) is 0 Å². The van der Waals surface area contributed by atoms with E-state index in [-0.39, 0.29) is 0 Å². The Morgan fingerprint density at radius 3 is 2.75 bits per heavy atom. The van der Waals surface area contributed by atoms with Gasteiger partial charge in [-0.15, -0.1) is 11.6 Å². The molecule has 2 rings (SSSR count). The number of hydrogen-bond donors (Lipinski definition) is 0. The molecule has 0 N–H and O–H groups in total. The van der Waals surface area contributed by atoms with Crippen LogP contribution in [0, 0.1) is 12.8 Å². The van der Waals surface area contributed by atoms with Gasteiger partial charge in [0.15, 0.2) is 0 Å². The highest BCUT2D eigenvalue weighted by atomic mass is 35.5. The van der Waals surface area contributed by atoms with Gasteiger partial charge in [0.25, 0.3) is 0 Å². The van der Waals surface area contributed by atoms with Crippen LogP contribution in [-0.4, -0.2) is 5.88 Å². The van der Waals surface area contributed by atoms with Crippen molar-refractivity contribution < 1.29 is 0 Å². The maximum absolute atomic E-state index is 5.80. The van der Waals surface area contributed by atoms with E-state index in [9.17, 15) is 0 Å². The zero-order chi connectivity index (χ0) is 8.55. The van der Waals surface area contributed by atoms with Gasteiger partial charge in [0.1, 0.15) is 0 Å². The van der Waals surface area contributed by atoms with Crippen molar-refractivity contribution in [3.63, 3.8) is 0 Å². The highest BCUT2D eigenvalue weighted by molar-refractivity contribution is 6.18. The van der Waals surface area contributed by atoms with Crippen molar-refractivity contribution >= 4 is 11.6 Å². The van der Waals surface area contributed by atoms with Crippen LogP contribution in [0.25, 0.3) is 0 Å². The zero-order valence-corrected chi connectivity index (χ0v) is 8.01. The van der Waals surface area contributed by atoms with E-state index in [1.54, 1.807) is 0 Å². The quantitative estimate of drug-likeness (QED) is 0.613. The van der Waals surface area contributed by atoms with E-state index in [0.29, 0.717) is 0 Å². The summed E-state index contributed by atoms with van der Waals surface area (Å²) in [6.45, 7) is 2.18. The molecule has 1 heteroatoms. The fraction of sp³-hybridized carbons (Fsp3) is 0.455. The second-order valence-corrected chi connectivity index (χ2v) is 3.92. The Balaban J connectivity index is 2.19. The molecule has 1 aliphatic carbocycles. The Bertz CT molecular complexity index is 280. The first kappa shape index (κ1) is 8.12. The average molecular weight is 181 g/mol. The fourth-order valence-corrected chi connectivity index (χ4v) is 2.14. The smallest absolute Gasteiger partial charge is 0.0257 e. The van der Waals surface area contributed by atoms with E-state index < -0.39 is 0 Å². The summed E-state index contributed by atoms with van der Waals surface area (Å²) in [5, 5.41) is 0. The van der Waals surface area contributed by atoms with Crippen molar-refractivity contribution in [2.24, 2.45) is 5.92 Å². The molecule has 0 saturated heterocycles. The van der Waals surface area contributed by atoms with Crippen LogP contribution < -0.4 is 0 Å². The highest BCUT2D eigenvalue weighted by Crippen LogP contribution is 2.48. The summed E-state index contributed by atoms with van der Waals surface area (Å²) < 4.78 is 0. The van der Waals surface area contributed by atoms with Crippen LogP contribution in [0.15, 0.2) is 24.3 Å². The van der Waals surface area contributed by atoms with E-state index in [0.717, 1.165) is 17.7 Å². The first-order valence-electron chi connectivity index (χ1n) is 4.44. The number of rotatable bonds is 2. The molecule has 1 fully saturated rings. The predicted molar refractivity (Wildman–Crippen MR) is 52.7 cm³/mol. The minimum Gasteiger partial charge on any atom is -0.126 e. The number of aryl methyl sites for hydroxylation is 1. The Morgan fingerprint density at radius 2 is 2.17 bits per heavy atom. The van der Waals surface area contributed by atoms with Gasteiger partial charge >= 0.3 is 0 Å². The molecule has 64 valence electrons. The zero-order valence-electron chi connectivity index (χ0n) is 7.26. The van der Waals surface area contributed by atoms with Crippen molar-refractivity contribution in [2.75, 3.05) is 5.88 Å². The van der Waals surface area contributed by atoms with E-state index in [2.05, 4.69) is 31.2 Å². The topological polar surface area (TPSA) is 0 Å². The number of halogens is 1. The molecular weight excluding hydrogens is 168 g/mol. The third-order valence-electron chi connectivity index (χ3n) is 2.71. The van der Waals surface area contributed by atoms with Crippen molar-refractivity contribution in [1.82, 2.24) is 0 Å². The SMILES string of the molecule is Cc1ccccc1C1CC1CCl. The Kier molecular flexibility index (Phi) is 2.10. The van der Waals surface area contributed by atoms with Gasteiger partial charge in [-0.1, -0.05) is 24.3 Å². The molecule has 1 aromatic carbocycles. The van der Waals surface area contributed by atoms with Gasteiger partial charge in [0.2, 0.25) is 0 Å². The van der Waals surface area contributed by atoms with Gasteiger partial charge in [-0.3, -0.25) is 0 Å². The number of alkyl halides is 1. The molecule has 1 aliphatic rings. The molecule has 12 heavy (non-hydrogen) atoms. The first-order chi connectivity index (χ1) is 5.83. The molecule has 2 atom stereocenters. The highest BCUT2D eigenvalue weighted by Gasteiger charge is 2.37. The number of hydrogen-bond acceptors (Lipinski definition) is 0. The molecular formula is C11H13Cl. The largest absolute Gasteiger partial charge is 0.126 e. The van der Waals surface area contributed by atoms with Gasteiger partial charge < -0.3 is 0 Å². The molecule has 2 unspecified atom stereocenters. The van der Waals surface area contributed by atoms with Crippen molar-refractivity contribution in [1.29, 1.82) is 0 Å². The lowest BCUT2D eigenvalue weighted by atomic mass is 10.0. The lowest BCUT2D eigenvalue weighted by Crippen LogP contribution is -1.87. The molecule has 0 bridgehead atoms. The maximum Gasteiger partial charge on any atom is 0.0257 e. The Morgan fingerprint density at radius 1 is 1.42 bits per heavy atom. The number of benzene rings is 1. The van der Waals surface area contributed by atoms with Gasteiger partial charge in [0.05, 0.1) is 0 Å². The molecule has 0 nitrogen and oxygen atoms in total. The average Bonchev–Trinajstić information content (AvgIpc) is 2.84. The Labute approximate surface area is 78.6 Å². The molecule has 0 spiro atoms. The molecule has 0 aliphatic heterocycles. The van der Waals surface area contributed by atoms with Crippen LogP contribution >= 0.6 is 11.6 Å². The molecule has 1 saturated carbocycles. The van der Waals surface area contributed by atoms with Crippen LogP contribution in [0.1, 0.15) is 23.5 Å². The van der Waals surface area contributed by atoms with Crippen LogP contribution in [0.5, 0.6) is 0 Å². The van der Waals surface area contributed by atoms with Crippen LogP contribution in [-0.2, 0) is 0 Å². The molecule has 1 aromatic rings. The van der Waals surface area contributed by atoms with Gasteiger partial charge in [-0.05, 0) is 36.3 Å². The van der Waals surface area contributed by atoms with Crippen molar-refractivity contribution in [3.05, 3.63) is 35.4 Å². The summed E-state index contributed by atoms with van der Waals surface area (Å²) in [6.07, 6.45) is 1.29. The van der Waals surface area contributed by atoms with Crippen molar-refractivity contribution in [2.45, 2.75) is 19.3 Å². The van der Waals surface area contributed by atoms with E-state index in [4.69, 9.17) is 11.6 Å². The maximum atomic E-state index is 5.80.